The first kappa shape index (κ1) is 23.3. The zero-order valence-electron chi connectivity index (χ0n) is 18.7. The lowest BCUT2D eigenvalue weighted by molar-refractivity contribution is 0.0690. The first-order valence-electron chi connectivity index (χ1n) is 10.3. The van der Waals surface area contributed by atoms with Crippen LogP contribution in [0.1, 0.15) is 29.8 Å². The predicted molar refractivity (Wildman–Crippen MR) is 126 cm³/mol. The van der Waals surface area contributed by atoms with Crippen LogP contribution >= 0.6 is 0 Å². The number of carbonyl (C=O) groups is 1. The van der Waals surface area contributed by atoms with Crippen molar-refractivity contribution >= 4 is 21.6 Å². The van der Waals surface area contributed by atoms with E-state index in [9.17, 15) is 13.2 Å². The number of hydrogen-bond acceptors (Lipinski definition) is 4. The summed E-state index contributed by atoms with van der Waals surface area (Å²) < 4.78 is 32.7. The lowest BCUT2D eigenvalue weighted by Crippen LogP contribution is -2.36. The Hall–Kier alpha value is -3.32. The quantitative estimate of drug-likeness (QED) is 0.502. The second-order valence-electron chi connectivity index (χ2n) is 7.68. The molecular weight excluding hydrogens is 424 g/mol. The zero-order valence-corrected chi connectivity index (χ0v) is 19.5. The molecule has 0 aliphatic heterocycles. The van der Waals surface area contributed by atoms with Gasteiger partial charge in [0.15, 0.2) is 0 Å². The van der Waals surface area contributed by atoms with Crippen LogP contribution in [-0.2, 0) is 16.6 Å². The number of carbonyl (C=O) groups excluding carboxylic acids is 1. The molecule has 0 aliphatic carbocycles. The van der Waals surface area contributed by atoms with Gasteiger partial charge < -0.3 is 9.64 Å². The third-order valence-corrected chi connectivity index (χ3v) is 7.05. The van der Waals surface area contributed by atoms with E-state index < -0.39 is 10.0 Å². The molecule has 0 saturated heterocycles. The van der Waals surface area contributed by atoms with Crippen LogP contribution < -0.4 is 9.04 Å². The van der Waals surface area contributed by atoms with E-state index in [-0.39, 0.29) is 16.8 Å². The van der Waals surface area contributed by atoms with Crippen molar-refractivity contribution in [1.82, 2.24) is 4.90 Å². The van der Waals surface area contributed by atoms with E-state index in [0.29, 0.717) is 23.5 Å². The van der Waals surface area contributed by atoms with Crippen molar-refractivity contribution in [3.63, 3.8) is 0 Å². The molecule has 0 heterocycles. The van der Waals surface area contributed by atoms with E-state index in [1.807, 2.05) is 44.2 Å². The van der Waals surface area contributed by atoms with Crippen molar-refractivity contribution in [2.75, 3.05) is 18.5 Å². The van der Waals surface area contributed by atoms with Crippen LogP contribution in [0.3, 0.4) is 0 Å². The molecule has 0 N–H and O–H groups in total. The Kier molecular flexibility index (Phi) is 7.20. The van der Waals surface area contributed by atoms with Gasteiger partial charge >= 0.3 is 0 Å². The van der Waals surface area contributed by atoms with Crippen LogP contribution in [-0.4, -0.2) is 39.4 Å². The number of benzene rings is 3. The Balaban J connectivity index is 1.85. The number of sulfonamides is 1. The van der Waals surface area contributed by atoms with Crippen molar-refractivity contribution in [3.05, 3.63) is 90.0 Å². The molecule has 0 bridgehead atoms. The van der Waals surface area contributed by atoms with Crippen molar-refractivity contribution in [2.24, 2.45) is 0 Å². The topological polar surface area (TPSA) is 66.9 Å². The first-order chi connectivity index (χ1) is 15.3. The number of para-hydroxylation sites is 2. The Morgan fingerprint density at radius 1 is 0.906 bits per heavy atom. The minimum atomic E-state index is -3.82. The van der Waals surface area contributed by atoms with Gasteiger partial charge in [0.05, 0.1) is 17.7 Å². The summed E-state index contributed by atoms with van der Waals surface area (Å²) in [6.07, 6.45) is 0. The summed E-state index contributed by atoms with van der Waals surface area (Å²) in [5.41, 5.74) is 1.91. The molecule has 32 heavy (non-hydrogen) atoms. The van der Waals surface area contributed by atoms with Gasteiger partial charge in [0.2, 0.25) is 0 Å². The highest BCUT2D eigenvalue weighted by Gasteiger charge is 2.25. The van der Waals surface area contributed by atoms with Gasteiger partial charge in [-0.3, -0.25) is 9.10 Å². The second-order valence-corrected chi connectivity index (χ2v) is 9.65. The van der Waals surface area contributed by atoms with Crippen molar-refractivity contribution in [1.29, 1.82) is 0 Å². The molecule has 3 aromatic rings. The molecule has 1 amide bonds. The molecule has 0 radical (unpaired) electrons. The Morgan fingerprint density at radius 3 is 2.09 bits per heavy atom. The molecule has 0 fully saturated rings. The van der Waals surface area contributed by atoms with Gasteiger partial charge in [-0.15, -0.1) is 0 Å². The normalized spacial score (nSPS) is 11.3. The van der Waals surface area contributed by atoms with Crippen LogP contribution in [0, 0.1) is 0 Å². The van der Waals surface area contributed by atoms with Crippen molar-refractivity contribution in [2.45, 2.75) is 31.3 Å². The van der Waals surface area contributed by atoms with Gasteiger partial charge in [-0.2, -0.15) is 0 Å². The molecule has 0 unspecified atom stereocenters. The number of hydrogen-bond donors (Lipinski definition) is 0. The fourth-order valence-electron chi connectivity index (χ4n) is 3.38. The largest absolute Gasteiger partial charge is 0.495 e. The molecule has 3 aromatic carbocycles. The summed E-state index contributed by atoms with van der Waals surface area (Å²) in [5.74, 6) is 0.310. The highest BCUT2D eigenvalue weighted by atomic mass is 32.2. The third-order valence-electron chi connectivity index (χ3n) is 5.26. The number of nitrogens with zero attached hydrogens (tertiary/aromatic N) is 2. The Labute approximate surface area is 190 Å². The Morgan fingerprint density at radius 2 is 1.50 bits per heavy atom. The molecule has 0 saturated carbocycles. The summed E-state index contributed by atoms with van der Waals surface area (Å²) in [5, 5.41) is 0. The number of rotatable bonds is 8. The van der Waals surface area contributed by atoms with E-state index in [4.69, 9.17) is 4.74 Å². The fraction of sp³-hybridized carbons (Fsp3) is 0.240. The smallest absolute Gasteiger partial charge is 0.264 e. The maximum Gasteiger partial charge on any atom is 0.264 e. The maximum absolute atomic E-state index is 13.1. The molecule has 3 rings (SSSR count). The maximum atomic E-state index is 13.1. The van der Waals surface area contributed by atoms with E-state index in [1.165, 1.54) is 30.6 Å². The van der Waals surface area contributed by atoms with E-state index >= 15 is 0 Å². The number of amides is 1. The van der Waals surface area contributed by atoms with Gasteiger partial charge in [-0.25, -0.2) is 8.42 Å². The SMILES string of the molecule is COc1ccccc1N(C)S(=O)(=O)c1ccc(C(=O)N(Cc2ccccc2)C(C)C)cc1. The molecule has 0 spiro atoms. The standard InChI is InChI=1S/C25H28N2O4S/c1-19(2)27(18-20-10-6-5-7-11-20)25(28)21-14-16-22(17-15-21)32(29,30)26(3)23-12-8-9-13-24(23)31-4/h5-17,19H,18H2,1-4H3. The summed E-state index contributed by atoms with van der Waals surface area (Å²) >= 11 is 0. The lowest BCUT2D eigenvalue weighted by Gasteiger charge is -2.27. The summed E-state index contributed by atoms with van der Waals surface area (Å²) in [4.78, 5) is 15.0. The van der Waals surface area contributed by atoms with E-state index in [1.54, 1.807) is 41.3 Å². The fourth-order valence-corrected chi connectivity index (χ4v) is 4.59. The molecule has 0 atom stereocenters. The van der Waals surface area contributed by atoms with Crippen molar-refractivity contribution in [3.8, 4) is 5.75 Å². The van der Waals surface area contributed by atoms with Gasteiger partial charge in [0.25, 0.3) is 15.9 Å². The van der Waals surface area contributed by atoms with Crippen LogP contribution in [0.5, 0.6) is 5.75 Å². The third kappa shape index (κ3) is 4.94. The van der Waals surface area contributed by atoms with Crippen LogP contribution in [0.2, 0.25) is 0 Å². The highest BCUT2D eigenvalue weighted by Crippen LogP contribution is 2.31. The predicted octanol–water partition coefficient (Wildman–Crippen LogP) is 4.57. The van der Waals surface area contributed by atoms with Crippen LogP contribution in [0.25, 0.3) is 0 Å². The Bertz CT molecular complexity index is 1160. The molecule has 0 aliphatic rings. The summed E-state index contributed by atoms with van der Waals surface area (Å²) in [6.45, 7) is 4.40. The monoisotopic (exact) mass is 452 g/mol. The molecule has 7 heteroatoms. The first-order valence-corrected chi connectivity index (χ1v) is 11.8. The number of ether oxygens (including phenoxy) is 1. The number of methoxy groups -OCH3 is 1. The van der Waals surface area contributed by atoms with Crippen LogP contribution in [0.4, 0.5) is 5.69 Å². The van der Waals surface area contributed by atoms with E-state index in [2.05, 4.69) is 0 Å². The summed E-state index contributed by atoms with van der Waals surface area (Å²) in [6, 6.07) is 22.7. The minimum Gasteiger partial charge on any atom is -0.495 e. The van der Waals surface area contributed by atoms with Gasteiger partial charge in [-0.05, 0) is 55.8 Å². The number of anilines is 1. The molecular formula is C25H28N2O4S. The average Bonchev–Trinajstić information content (AvgIpc) is 2.82. The van der Waals surface area contributed by atoms with Crippen molar-refractivity contribution < 1.29 is 17.9 Å². The van der Waals surface area contributed by atoms with Crippen LogP contribution in [0.15, 0.2) is 83.8 Å². The highest BCUT2D eigenvalue weighted by molar-refractivity contribution is 7.92. The molecule has 0 aromatic heterocycles. The van der Waals surface area contributed by atoms with E-state index in [0.717, 1.165) is 5.56 Å². The zero-order chi connectivity index (χ0) is 23.3. The average molecular weight is 453 g/mol. The van der Waals surface area contributed by atoms with Gasteiger partial charge in [-0.1, -0.05) is 42.5 Å². The lowest BCUT2D eigenvalue weighted by atomic mass is 10.1. The van der Waals surface area contributed by atoms with Gasteiger partial charge in [0, 0.05) is 25.2 Å². The second kappa shape index (κ2) is 9.87. The van der Waals surface area contributed by atoms with Gasteiger partial charge in [0.1, 0.15) is 5.75 Å². The molecule has 168 valence electrons. The minimum absolute atomic E-state index is 0.0113. The summed E-state index contributed by atoms with van der Waals surface area (Å²) in [7, 11) is -0.849. The molecule has 6 nitrogen and oxygen atoms in total.